The lowest BCUT2D eigenvalue weighted by atomic mass is 10.3. The first-order valence-electron chi connectivity index (χ1n) is 6.20. The summed E-state index contributed by atoms with van der Waals surface area (Å²) < 4.78 is 5.76. The van der Waals surface area contributed by atoms with Gasteiger partial charge in [-0.2, -0.15) is 0 Å². The minimum atomic E-state index is -0.853. The molecule has 0 aliphatic carbocycles. The van der Waals surface area contributed by atoms with Gasteiger partial charge in [0.1, 0.15) is 6.54 Å². The quantitative estimate of drug-likeness (QED) is 0.341. The number of pyridine rings is 1. The number of hydrogen-bond acceptors (Lipinski definition) is 7. The molecule has 0 aromatic carbocycles. The zero-order valence-electron chi connectivity index (χ0n) is 11.7. The average molecular weight is 316 g/mol. The number of aliphatic hydroxyl groups is 1. The average Bonchev–Trinajstić information content (AvgIpc) is 2.40. The maximum atomic E-state index is 12.2. The van der Waals surface area contributed by atoms with E-state index in [2.05, 4.69) is 0 Å². The summed E-state index contributed by atoms with van der Waals surface area (Å²) >= 11 is 1.02. The molecular formula is C12H16N2O6S. The highest BCUT2D eigenvalue weighted by molar-refractivity contribution is 7.99. The zero-order chi connectivity index (χ0) is 16.0. The second-order valence-electron chi connectivity index (χ2n) is 4.02. The first-order valence-corrected chi connectivity index (χ1v) is 7.19. The third-order valence-electron chi connectivity index (χ3n) is 2.57. The molecule has 21 heavy (non-hydrogen) atoms. The molecule has 9 heteroatoms. The summed E-state index contributed by atoms with van der Waals surface area (Å²) in [5, 5.41) is 19.9. The number of carbonyl (C=O) groups is 1. The maximum Gasteiger partial charge on any atom is 0.347 e. The van der Waals surface area contributed by atoms with Gasteiger partial charge in [0.25, 0.3) is 0 Å². The van der Waals surface area contributed by atoms with Gasteiger partial charge < -0.3 is 9.84 Å². The van der Waals surface area contributed by atoms with Gasteiger partial charge in [-0.15, -0.1) is 11.8 Å². The number of rotatable bonds is 7. The van der Waals surface area contributed by atoms with Crippen molar-refractivity contribution < 1.29 is 19.6 Å². The van der Waals surface area contributed by atoms with Crippen LogP contribution in [0.15, 0.2) is 15.8 Å². The molecule has 0 unspecified atom stereocenters. The number of ether oxygens (including phenoxy) is 1. The fraction of sp³-hybridized carbons (Fsp3) is 0.500. The van der Waals surface area contributed by atoms with Crippen LogP contribution in [-0.2, 0) is 16.1 Å². The van der Waals surface area contributed by atoms with Crippen molar-refractivity contribution in [2.45, 2.75) is 25.3 Å². The van der Waals surface area contributed by atoms with Gasteiger partial charge in [-0.05, 0) is 19.9 Å². The predicted octanol–water partition coefficient (Wildman–Crippen LogP) is 0.712. The molecule has 0 aliphatic heterocycles. The topological polar surface area (TPSA) is 112 Å². The van der Waals surface area contributed by atoms with Gasteiger partial charge in [0.2, 0.25) is 0 Å². The fourth-order valence-corrected chi connectivity index (χ4v) is 2.56. The van der Waals surface area contributed by atoms with E-state index in [4.69, 9.17) is 9.84 Å². The molecule has 0 fully saturated rings. The summed E-state index contributed by atoms with van der Waals surface area (Å²) in [6.45, 7) is 2.84. The van der Waals surface area contributed by atoms with Crippen molar-refractivity contribution in [3.8, 4) is 0 Å². The first kappa shape index (κ1) is 17.2. The Labute approximate surface area is 124 Å². The second kappa shape index (κ2) is 7.79. The van der Waals surface area contributed by atoms with Crippen LogP contribution in [0.4, 0.5) is 5.69 Å². The highest BCUT2D eigenvalue weighted by atomic mass is 32.2. The van der Waals surface area contributed by atoms with E-state index in [1.54, 1.807) is 13.8 Å². The molecule has 0 aliphatic rings. The minimum absolute atomic E-state index is 0.160. The van der Waals surface area contributed by atoms with Crippen molar-refractivity contribution in [1.29, 1.82) is 0 Å². The summed E-state index contributed by atoms with van der Waals surface area (Å²) in [4.78, 5) is 34.1. The molecule has 8 nitrogen and oxygen atoms in total. The van der Waals surface area contributed by atoms with E-state index >= 15 is 0 Å². The van der Waals surface area contributed by atoms with E-state index in [-0.39, 0.29) is 30.4 Å². The molecule has 116 valence electrons. The molecule has 1 rings (SSSR count). The Kier molecular flexibility index (Phi) is 6.38. The van der Waals surface area contributed by atoms with Gasteiger partial charge in [0.15, 0.2) is 0 Å². The smallest absolute Gasteiger partial charge is 0.347 e. The van der Waals surface area contributed by atoms with E-state index in [9.17, 15) is 19.7 Å². The molecule has 0 atom stereocenters. The Balaban J connectivity index is 3.28. The van der Waals surface area contributed by atoms with Crippen molar-refractivity contribution in [2.24, 2.45) is 0 Å². The zero-order valence-corrected chi connectivity index (χ0v) is 12.5. The normalized spacial score (nSPS) is 10.4. The number of aromatic nitrogens is 1. The monoisotopic (exact) mass is 316 g/mol. The highest BCUT2D eigenvalue weighted by Gasteiger charge is 2.24. The molecule has 1 N–H and O–H groups in total. The lowest BCUT2D eigenvalue weighted by Crippen LogP contribution is -2.29. The standard InChI is InChI=1S/C12H16N2O6S/c1-3-20-10(16)7-13-8(2)6-9(21-5-4-15)11(12(13)17)14(18)19/h6,15H,3-5,7H2,1-2H3. The Morgan fingerprint density at radius 3 is 2.76 bits per heavy atom. The van der Waals surface area contributed by atoms with E-state index in [0.717, 1.165) is 16.3 Å². The first-order chi connectivity index (χ1) is 9.92. The SMILES string of the molecule is CCOC(=O)Cn1c(C)cc(SCCO)c([N+](=O)[O-])c1=O. The minimum Gasteiger partial charge on any atom is -0.465 e. The van der Waals surface area contributed by atoms with Crippen LogP contribution in [0.25, 0.3) is 0 Å². The van der Waals surface area contributed by atoms with Gasteiger partial charge in [-0.25, -0.2) is 0 Å². The van der Waals surface area contributed by atoms with E-state index in [0.29, 0.717) is 5.69 Å². The van der Waals surface area contributed by atoms with Gasteiger partial charge in [0, 0.05) is 11.4 Å². The summed E-state index contributed by atoms with van der Waals surface area (Å²) in [5.74, 6) is -0.394. The number of esters is 1. The summed E-state index contributed by atoms with van der Waals surface area (Å²) in [5.41, 5.74) is -1.03. The highest BCUT2D eigenvalue weighted by Crippen LogP contribution is 2.26. The molecule has 1 aromatic heterocycles. The number of aryl methyl sites for hydroxylation is 1. The van der Waals surface area contributed by atoms with Gasteiger partial charge in [-0.1, -0.05) is 0 Å². The molecule has 0 bridgehead atoms. The Morgan fingerprint density at radius 1 is 1.57 bits per heavy atom. The molecular weight excluding hydrogens is 300 g/mol. The van der Waals surface area contributed by atoms with Crippen LogP contribution in [0.5, 0.6) is 0 Å². The number of hydrogen-bond donors (Lipinski definition) is 1. The molecule has 0 saturated carbocycles. The van der Waals surface area contributed by atoms with Crippen LogP contribution in [0, 0.1) is 17.0 Å². The van der Waals surface area contributed by atoms with Crippen molar-refractivity contribution in [3.05, 3.63) is 32.2 Å². The van der Waals surface area contributed by atoms with Crippen LogP contribution in [0.3, 0.4) is 0 Å². The van der Waals surface area contributed by atoms with Gasteiger partial charge in [0.05, 0.1) is 23.0 Å². The fourth-order valence-electron chi connectivity index (χ4n) is 1.70. The van der Waals surface area contributed by atoms with Crippen LogP contribution >= 0.6 is 11.8 Å². The summed E-state index contributed by atoms with van der Waals surface area (Å²) in [6, 6.07) is 1.46. The maximum absolute atomic E-state index is 12.2. The lowest BCUT2D eigenvalue weighted by Gasteiger charge is -2.11. The van der Waals surface area contributed by atoms with Crippen LogP contribution in [0.1, 0.15) is 12.6 Å². The largest absolute Gasteiger partial charge is 0.465 e. The van der Waals surface area contributed by atoms with Crippen molar-refractivity contribution in [3.63, 3.8) is 0 Å². The van der Waals surface area contributed by atoms with Gasteiger partial charge in [-0.3, -0.25) is 24.3 Å². The Morgan fingerprint density at radius 2 is 2.24 bits per heavy atom. The third kappa shape index (κ3) is 4.30. The molecule has 0 amide bonds. The molecule has 0 spiro atoms. The lowest BCUT2D eigenvalue weighted by molar-refractivity contribution is -0.389. The summed E-state index contributed by atoms with van der Waals surface area (Å²) in [6.07, 6.45) is 0. The number of nitro groups is 1. The van der Waals surface area contributed by atoms with Crippen molar-refractivity contribution in [1.82, 2.24) is 4.57 Å². The van der Waals surface area contributed by atoms with E-state index in [1.807, 2.05) is 0 Å². The van der Waals surface area contributed by atoms with E-state index < -0.39 is 22.1 Å². The molecule has 0 radical (unpaired) electrons. The number of thioether (sulfide) groups is 1. The van der Waals surface area contributed by atoms with E-state index in [1.165, 1.54) is 6.07 Å². The van der Waals surface area contributed by atoms with Crippen molar-refractivity contribution >= 4 is 23.4 Å². The predicted molar refractivity (Wildman–Crippen MR) is 76.5 cm³/mol. The number of nitrogens with zero attached hydrogens (tertiary/aromatic N) is 2. The third-order valence-corrected chi connectivity index (χ3v) is 3.58. The number of aliphatic hydroxyl groups excluding tert-OH is 1. The van der Waals surface area contributed by atoms with Gasteiger partial charge >= 0.3 is 17.2 Å². The van der Waals surface area contributed by atoms with Crippen LogP contribution < -0.4 is 5.56 Å². The summed E-state index contributed by atoms with van der Waals surface area (Å²) in [7, 11) is 0. The second-order valence-corrected chi connectivity index (χ2v) is 5.16. The Hall–Kier alpha value is -1.87. The molecule has 1 aromatic rings. The number of carbonyl (C=O) groups excluding carboxylic acids is 1. The Bertz CT molecular complexity index is 598. The van der Waals surface area contributed by atoms with Crippen molar-refractivity contribution in [2.75, 3.05) is 19.0 Å². The van der Waals surface area contributed by atoms with Crippen LogP contribution in [0.2, 0.25) is 0 Å². The molecule has 0 saturated heterocycles. The van der Waals surface area contributed by atoms with Crippen LogP contribution in [-0.4, -0.2) is 39.5 Å². The molecule has 1 heterocycles.